The number of nitrogens with one attached hydrogen (secondary N) is 1. The van der Waals surface area contributed by atoms with Gasteiger partial charge in [-0.1, -0.05) is 60.7 Å². The van der Waals surface area contributed by atoms with Crippen LogP contribution < -0.4 is 5.32 Å². The van der Waals surface area contributed by atoms with Gasteiger partial charge in [0.05, 0.1) is 0 Å². The summed E-state index contributed by atoms with van der Waals surface area (Å²) in [5.41, 5.74) is 3.18. The molecule has 2 aromatic carbocycles. The first-order valence-corrected chi connectivity index (χ1v) is 8.22. The van der Waals surface area contributed by atoms with Crippen LogP contribution in [-0.4, -0.2) is 11.1 Å². The smallest absolute Gasteiger partial charge is 0.408 e. The lowest BCUT2D eigenvalue weighted by molar-refractivity contribution is 0.0494. The minimum Gasteiger partial charge on any atom is -0.436 e. The van der Waals surface area contributed by atoms with Crippen molar-refractivity contribution in [1.82, 2.24) is 10.3 Å². The Morgan fingerprint density at radius 3 is 2.36 bits per heavy atom. The van der Waals surface area contributed by atoms with Gasteiger partial charge >= 0.3 is 6.09 Å². The highest BCUT2D eigenvalue weighted by Gasteiger charge is 2.47. The predicted molar refractivity (Wildman–Crippen MR) is 95.8 cm³/mol. The fourth-order valence-corrected chi connectivity index (χ4v) is 3.34. The number of nitrogens with zero attached hydrogens (tertiary/aromatic N) is 1. The molecule has 1 aliphatic rings. The third-order valence-corrected chi connectivity index (χ3v) is 4.66. The summed E-state index contributed by atoms with van der Waals surface area (Å²) >= 11 is 0. The van der Waals surface area contributed by atoms with Gasteiger partial charge in [-0.15, -0.1) is 0 Å². The van der Waals surface area contributed by atoms with E-state index in [1.54, 1.807) is 6.20 Å². The van der Waals surface area contributed by atoms with Crippen LogP contribution in [0.2, 0.25) is 0 Å². The maximum atomic E-state index is 12.0. The molecule has 2 atom stereocenters. The van der Waals surface area contributed by atoms with Gasteiger partial charge in [-0.25, -0.2) is 4.79 Å². The standard InChI is InChI=1S/C21H18N2O2/c1-21(18-10-6-3-7-11-18)19(23-20(24)25-21)17-12-16(13-22-14-17)15-8-4-2-5-9-15/h2-14,19H,1H3,(H,23,24)/t19-,21-/m1/s1. The van der Waals surface area contributed by atoms with Crippen molar-refractivity contribution in [2.45, 2.75) is 18.6 Å². The summed E-state index contributed by atoms with van der Waals surface area (Å²) in [4.78, 5) is 16.4. The number of carbonyl (C=O) groups is 1. The summed E-state index contributed by atoms with van der Waals surface area (Å²) < 4.78 is 5.67. The van der Waals surface area contributed by atoms with E-state index in [1.165, 1.54) is 0 Å². The first-order chi connectivity index (χ1) is 12.2. The van der Waals surface area contributed by atoms with Crippen LogP contribution >= 0.6 is 0 Å². The molecule has 25 heavy (non-hydrogen) atoms. The Morgan fingerprint density at radius 2 is 1.64 bits per heavy atom. The predicted octanol–water partition coefficient (Wildman–Crippen LogP) is 4.44. The van der Waals surface area contributed by atoms with Crippen molar-refractivity contribution in [3.05, 3.63) is 90.3 Å². The van der Waals surface area contributed by atoms with Crippen molar-refractivity contribution < 1.29 is 9.53 Å². The van der Waals surface area contributed by atoms with Gasteiger partial charge in [0.2, 0.25) is 0 Å². The zero-order valence-corrected chi connectivity index (χ0v) is 13.8. The fourth-order valence-electron chi connectivity index (χ4n) is 3.34. The molecule has 0 saturated carbocycles. The Kier molecular flexibility index (Phi) is 3.73. The molecule has 3 aromatic rings. The number of alkyl carbamates (subject to hydrolysis) is 1. The van der Waals surface area contributed by atoms with Gasteiger partial charge in [0.25, 0.3) is 0 Å². The van der Waals surface area contributed by atoms with E-state index in [0.717, 1.165) is 22.3 Å². The third kappa shape index (κ3) is 2.76. The van der Waals surface area contributed by atoms with Crippen LogP contribution in [0, 0.1) is 0 Å². The molecule has 1 amide bonds. The second-order valence-corrected chi connectivity index (χ2v) is 6.31. The molecule has 124 valence electrons. The number of carbonyl (C=O) groups excluding carboxylic acids is 1. The second kappa shape index (κ2) is 6.06. The Labute approximate surface area is 146 Å². The minimum absolute atomic E-state index is 0.307. The summed E-state index contributed by atoms with van der Waals surface area (Å²) in [5, 5.41) is 2.94. The SMILES string of the molecule is C[C@]1(c2ccccc2)OC(=O)N[C@@H]1c1cncc(-c2ccccc2)c1. The number of amides is 1. The summed E-state index contributed by atoms with van der Waals surface area (Å²) in [6.07, 6.45) is 3.20. The van der Waals surface area contributed by atoms with Crippen LogP contribution in [0.15, 0.2) is 79.1 Å². The summed E-state index contributed by atoms with van der Waals surface area (Å²) in [6, 6.07) is 21.6. The summed E-state index contributed by atoms with van der Waals surface area (Å²) in [5.74, 6) is 0. The van der Waals surface area contributed by atoms with Crippen molar-refractivity contribution >= 4 is 6.09 Å². The van der Waals surface area contributed by atoms with Crippen molar-refractivity contribution in [2.24, 2.45) is 0 Å². The molecule has 0 aliphatic carbocycles. The number of aromatic nitrogens is 1. The highest BCUT2D eigenvalue weighted by molar-refractivity contribution is 5.72. The number of ether oxygens (including phenoxy) is 1. The van der Waals surface area contributed by atoms with Crippen LogP contribution in [0.1, 0.15) is 24.1 Å². The number of hydrogen-bond donors (Lipinski definition) is 1. The van der Waals surface area contributed by atoms with Gasteiger partial charge in [-0.3, -0.25) is 4.98 Å². The molecule has 1 fully saturated rings. The van der Waals surface area contributed by atoms with Crippen LogP contribution in [0.4, 0.5) is 4.79 Å². The van der Waals surface area contributed by atoms with Crippen molar-refractivity contribution in [2.75, 3.05) is 0 Å². The van der Waals surface area contributed by atoms with E-state index in [4.69, 9.17) is 4.74 Å². The third-order valence-electron chi connectivity index (χ3n) is 4.66. The molecular formula is C21H18N2O2. The first-order valence-electron chi connectivity index (χ1n) is 8.22. The Bertz CT molecular complexity index is 896. The van der Waals surface area contributed by atoms with Crippen LogP contribution in [0.5, 0.6) is 0 Å². The zero-order valence-electron chi connectivity index (χ0n) is 13.8. The van der Waals surface area contributed by atoms with E-state index in [0.29, 0.717) is 0 Å². The summed E-state index contributed by atoms with van der Waals surface area (Å²) in [7, 11) is 0. The molecule has 2 heterocycles. The van der Waals surface area contributed by atoms with Crippen LogP contribution in [0.25, 0.3) is 11.1 Å². The van der Waals surface area contributed by atoms with Gasteiger partial charge in [-0.05, 0) is 29.7 Å². The Balaban J connectivity index is 1.77. The first kappa shape index (κ1) is 15.4. The van der Waals surface area contributed by atoms with E-state index in [9.17, 15) is 4.79 Å². The largest absolute Gasteiger partial charge is 0.436 e. The molecule has 4 nitrogen and oxygen atoms in total. The molecule has 1 N–H and O–H groups in total. The van der Waals surface area contributed by atoms with E-state index < -0.39 is 11.7 Å². The minimum atomic E-state index is -0.782. The molecule has 1 aliphatic heterocycles. The Morgan fingerprint density at radius 1 is 0.960 bits per heavy atom. The van der Waals surface area contributed by atoms with Gasteiger partial charge in [0.15, 0.2) is 5.60 Å². The number of rotatable bonds is 3. The highest BCUT2D eigenvalue weighted by atomic mass is 16.6. The van der Waals surface area contributed by atoms with E-state index in [1.807, 2.05) is 73.8 Å². The van der Waals surface area contributed by atoms with Crippen molar-refractivity contribution in [1.29, 1.82) is 0 Å². The number of benzene rings is 2. The molecule has 0 radical (unpaired) electrons. The molecule has 0 spiro atoms. The molecular weight excluding hydrogens is 312 g/mol. The second-order valence-electron chi connectivity index (χ2n) is 6.31. The monoisotopic (exact) mass is 330 g/mol. The van der Waals surface area contributed by atoms with Gasteiger partial charge in [0, 0.05) is 18.0 Å². The van der Waals surface area contributed by atoms with Crippen molar-refractivity contribution in [3.63, 3.8) is 0 Å². The summed E-state index contributed by atoms with van der Waals surface area (Å²) in [6.45, 7) is 1.93. The van der Waals surface area contributed by atoms with Gasteiger partial charge in [-0.2, -0.15) is 0 Å². The zero-order chi connectivity index (χ0) is 17.3. The maximum Gasteiger partial charge on any atom is 0.408 e. The van der Waals surface area contributed by atoms with Gasteiger partial charge in [0.1, 0.15) is 6.04 Å². The average Bonchev–Trinajstić information content (AvgIpc) is 2.99. The van der Waals surface area contributed by atoms with Crippen LogP contribution in [-0.2, 0) is 10.3 Å². The fraction of sp³-hybridized carbons (Fsp3) is 0.143. The van der Waals surface area contributed by atoms with Gasteiger partial charge < -0.3 is 10.1 Å². The molecule has 1 aromatic heterocycles. The van der Waals surface area contributed by atoms with E-state index in [2.05, 4.69) is 16.4 Å². The number of pyridine rings is 1. The lowest BCUT2D eigenvalue weighted by Crippen LogP contribution is -2.31. The average molecular weight is 330 g/mol. The highest BCUT2D eigenvalue weighted by Crippen LogP contribution is 2.42. The normalized spacial score (nSPS) is 22.3. The molecule has 0 bridgehead atoms. The lowest BCUT2D eigenvalue weighted by Gasteiger charge is -2.29. The molecule has 0 unspecified atom stereocenters. The lowest BCUT2D eigenvalue weighted by atomic mass is 9.84. The van der Waals surface area contributed by atoms with Crippen LogP contribution in [0.3, 0.4) is 0 Å². The van der Waals surface area contributed by atoms with E-state index >= 15 is 0 Å². The van der Waals surface area contributed by atoms with E-state index in [-0.39, 0.29) is 6.04 Å². The number of hydrogen-bond acceptors (Lipinski definition) is 3. The molecule has 4 rings (SSSR count). The number of cyclic esters (lactones) is 1. The molecule has 4 heteroatoms. The maximum absolute atomic E-state index is 12.0. The quantitative estimate of drug-likeness (QED) is 0.772. The van der Waals surface area contributed by atoms with Crippen molar-refractivity contribution in [3.8, 4) is 11.1 Å². The Hall–Kier alpha value is -3.14. The topological polar surface area (TPSA) is 51.2 Å². The molecule has 1 saturated heterocycles.